The lowest BCUT2D eigenvalue weighted by molar-refractivity contribution is -0.137. The molecule has 36 heteroatoms. The number of aromatic nitrogens is 6. The summed E-state index contributed by atoms with van der Waals surface area (Å²) < 4.78 is 55.8. The molecule has 1 aromatic carbocycles. The zero-order valence-electron chi connectivity index (χ0n) is 48.2. The second kappa shape index (κ2) is 29.2. The number of carbonyl (C=O) groups excluding carboxylic acids is 8. The van der Waals surface area contributed by atoms with Crippen LogP contribution in [0.25, 0.3) is 11.2 Å². The molecule has 8 amide bonds. The summed E-state index contributed by atoms with van der Waals surface area (Å²) >= 11 is 9.57. The minimum absolute atomic E-state index is 0.120. The molecule has 0 spiro atoms. The van der Waals surface area contributed by atoms with Crippen molar-refractivity contribution >= 4 is 108 Å². The number of amides is 8. The molecule has 480 valence electrons. The summed E-state index contributed by atoms with van der Waals surface area (Å²) in [5, 5.41) is 24.5. The summed E-state index contributed by atoms with van der Waals surface area (Å²) in [7, 11) is 0. The van der Waals surface area contributed by atoms with E-state index in [1.54, 1.807) is 44.2 Å². The summed E-state index contributed by atoms with van der Waals surface area (Å²) in [6.45, 7) is -4.65. The van der Waals surface area contributed by atoms with Crippen molar-refractivity contribution in [3.05, 3.63) is 77.3 Å². The van der Waals surface area contributed by atoms with Crippen molar-refractivity contribution in [3.8, 4) is 5.88 Å². The lowest BCUT2D eigenvalue weighted by Crippen LogP contribution is -2.53. The standard InChI is InChI=1S/C53H67N13O19P2S2/c1-28(2)42(60-37(67)9-5-4-6-18-65-39(68)14-15-40(65)69)49(74)58-29(3)47(72)59-32-12-10-30(11-13-32)23-79-53(76)55-22-41(70)64-19-7-8-34(64)48(73)62-52-61-46-43(50(75)63-52)57-27-66(46)51-45-44(71)36(83-51)25-81-86(77,88)84-35-21-33(82-38-16-17-54-26-56-38)20-31(35)24-80-87(78,89)85-45/h10-17,26-29,31,33-36,42,44-45,51,71H,4-9,18-25H2,1-3H3,(H,55,76)(H,58,74)(H,59,72)(H,60,67)(H,77,88)(H,78,89)(H2,61,62,63,73,75)/t29-,31+,33+,34?,35-,36+,42-,44+,45+,51+,86?,87?/m0/s1. The molecule has 4 aliphatic heterocycles. The third-order valence-electron chi connectivity index (χ3n) is 15.1. The molecular weight excluding hydrogens is 1250 g/mol. The maximum Gasteiger partial charge on any atom is 0.407 e. The fourth-order valence-corrected chi connectivity index (χ4v) is 13.5. The van der Waals surface area contributed by atoms with Crippen LogP contribution in [0.1, 0.15) is 83.9 Å². The molecule has 4 fully saturated rings. The Hall–Kier alpha value is -7.10. The molecule has 2 bridgehead atoms. The number of aromatic amines is 1. The van der Waals surface area contributed by atoms with Gasteiger partial charge in [0.05, 0.1) is 25.6 Å². The Morgan fingerprint density at radius 1 is 0.921 bits per heavy atom. The molecule has 8 N–H and O–H groups in total. The number of aliphatic hydroxyl groups excluding tert-OH is 1. The van der Waals surface area contributed by atoms with Gasteiger partial charge in [-0.1, -0.05) is 44.6 Å². The van der Waals surface area contributed by atoms with Gasteiger partial charge in [-0.2, -0.15) is 4.98 Å². The number of hydrogen-bond donors (Lipinski definition) is 9. The number of aliphatic hydroxyl groups is 1. The molecule has 3 aromatic heterocycles. The second-order valence-electron chi connectivity index (χ2n) is 21.9. The predicted octanol–water partition coefficient (Wildman–Crippen LogP) is 2.02. The minimum Gasteiger partial charge on any atom is -0.474 e. The Morgan fingerprint density at radius 3 is 2.42 bits per heavy atom. The van der Waals surface area contributed by atoms with Crippen LogP contribution in [0.15, 0.2) is 66.1 Å². The molecule has 7 heterocycles. The van der Waals surface area contributed by atoms with E-state index in [4.69, 9.17) is 44.1 Å². The average molecular weight is 1320 g/mol. The molecule has 3 unspecified atom stereocenters. The summed E-state index contributed by atoms with van der Waals surface area (Å²) in [5.41, 5.74) is -0.375. The first kappa shape index (κ1) is 66.3. The second-order valence-corrected chi connectivity index (χ2v) is 27.6. The number of H-pyrrole nitrogens is 1. The number of likely N-dealkylation sites (tertiary alicyclic amines) is 1. The molecule has 9 rings (SSSR count). The van der Waals surface area contributed by atoms with E-state index in [-0.39, 0.29) is 92.7 Å². The number of benzene rings is 1. The van der Waals surface area contributed by atoms with Crippen LogP contribution in [0.5, 0.6) is 5.88 Å². The number of thiol groups is 1. The van der Waals surface area contributed by atoms with Gasteiger partial charge in [0.2, 0.25) is 41.4 Å². The molecule has 89 heavy (non-hydrogen) atoms. The number of nitrogens with zero attached hydrogens (tertiary/aromatic N) is 7. The third-order valence-corrected chi connectivity index (χ3v) is 18.3. The van der Waals surface area contributed by atoms with Crippen LogP contribution in [0.4, 0.5) is 16.4 Å². The highest BCUT2D eigenvalue weighted by atomic mass is 32.7. The van der Waals surface area contributed by atoms with Gasteiger partial charge in [-0.3, -0.25) is 62.6 Å². The monoisotopic (exact) mass is 1320 g/mol. The van der Waals surface area contributed by atoms with Gasteiger partial charge in [0, 0.05) is 62.0 Å². The Morgan fingerprint density at radius 2 is 1.69 bits per heavy atom. The van der Waals surface area contributed by atoms with Gasteiger partial charge < -0.3 is 63.9 Å². The molecule has 0 radical (unpaired) electrons. The molecule has 12 atom stereocenters. The van der Waals surface area contributed by atoms with Gasteiger partial charge in [0.25, 0.3) is 17.4 Å². The topological polar surface area (TPSA) is 415 Å². The normalized spacial score (nSPS) is 26.8. The Balaban J connectivity index is 0.729. The van der Waals surface area contributed by atoms with Crippen LogP contribution < -0.4 is 36.9 Å². The number of fused-ring (bicyclic) bond motifs is 4. The third kappa shape index (κ3) is 17.2. The Labute approximate surface area is 518 Å². The SMILES string of the molecule is CC(C)[C@H](NC(=O)CCCCCN1C(=O)C=CC1=O)C(=O)N[C@@H](C)C(=O)Nc1ccc(COC(=O)NCC(=O)N2CCCC2C(=O)Nc2nc3c(ncn3[C@@H]3O[C@@H]4COP(O)(=S)O[C@H]5C[C@H](Oc6ccncn6)C[C@@H]5COP(=O)(S)O[C@@H]3[C@@H]4O)c(=O)[nH]2)cc1. The molecule has 1 saturated carbocycles. The van der Waals surface area contributed by atoms with Gasteiger partial charge in [0.15, 0.2) is 17.4 Å². The Kier molecular flexibility index (Phi) is 21.8. The van der Waals surface area contributed by atoms with E-state index in [0.717, 1.165) is 11.2 Å². The number of carbonyl (C=O) groups is 8. The first-order valence-corrected chi connectivity index (χ1v) is 33.8. The van der Waals surface area contributed by atoms with Gasteiger partial charge >= 0.3 is 19.6 Å². The first-order valence-electron chi connectivity index (χ1n) is 28.5. The zero-order chi connectivity index (χ0) is 63.7. The number of ether oxygens (including phenoxy) is 3. The van der Waals surface area contributed by atoms with E-state index in [1.165, 1.54) is 41.1 Å². The number of hydrogen-bond acceptors (Lipinski definition) is 23. The lowest BCUT2D eigenvalue weighted by Gasteiger charge is -2.27. The van der Waals surface area contributed by atoms with Gasteiger partial charge in [-0.15, -0.1) is 0 Å². The maximum atomic E-state index is 13.9. The smallest absolute Gasteiger partial charge is 0.407 e. The maximum absolute atomic E-state index is 13.9. The van der Waals surface area contributed by atoms with E-state index in [9.17, 15) is 57.7 Å². The number of unbranched alkanes of at least 4 members (excludes halogenated alkanes) is 2. The lowest BCUT2D eigenvalue weighted by atomic mass is 10.0. The fraction of sp³-hybridized carbons (Fsp3) is 0.528. The minimum atomic E-state index is -4.38. The number of anilines is 2. The molecule has 32 nitrogen and oxygen atoms in total. The van der Waals surface area contributed by atoms with Crippen molar-refractivity contribution in [2.24, 2.45) is 11.8 Å². The summed E-state index contributed by atoms with van der Waals surface area (Å²) in [6, 6.07) is 4.83. The zero-order valence-corrected chi connectivity index (χ0v) is 51.7. The van der Waals surface area contributed by atoms with Crippen LogP contribution in [0.3, 0.4) is 0 Å². The van der Waals surface area contributed by atoms with Gasteiger partial charge in [-0.05, 0) is 74.4 Å². The first-order chi connectivity index (χ1) is 42.4. The van der Waals surface area contributed by atoms with Gasteiger partial charge in [-0.25, -0.2) is 24.3 Å². The number of imidazole rings is 1. The van der Waals surface area contributed by atoms with E-state index >= 15 is 0 Å². The molecule has 4 aromatic rings. The highest BCUT2D eigenvalue weighted by Gasteiger charge is 2.51. The largest absolute Gasteiger partial charge is 0.474 e. The van der Waals surface area contributed by atoms with Crippen LogP contribution in [0, 0.1) is 11.8 Å². The van der Waals surface area contributed by atoms with Crippen molar-refractivity contribution in [2.75, 3.05) is 43.5 Å². The van der Waals surface area contributed by atoms with Crippen molar-refractivity contribution in [1.29, 1.82) is 0 Å². The van der Waals surface area contributed by atoms with E-state index < -0.39 is 123 Å². The molecular formula is C53H67N13O19P2S2. The van der Waals surface area contributed by atoms with E-state index in [0.29, 0.717) is 42.8 Å². The quantitative estimate of drug-likeness (QED) is 0.0249. The van der Waals surface area contributed by atoms with Crippen molar-refractivity contribution in [3.63, 3.8) is 0 Å². The highest BCUT2D eigenvalue weighted by molar-refractivity contribution is 8.44. The number of imide groups is 1. The highest BCUT2D eigenvalue weighted by Crippen LogP contribution is 2.59. The van der Waals surface area contributed by atoms with Crippen LogP contribution in [0.2, 0.25) is 0 Å². The molecule has 1 aliphatic carbocycles. The van der Waals surface area contributed by atoms with E-state index in [1.807, 2.05) is 0 Å². The van der Waals surface area contributed by atoms with Crippen molar-refractivity contribution < 1.29 is 85.2 Å². The molecule has 5 aliphatic rings. The number of rotatable bonds is 21. The number of alkyl carbamates (subject to hydrolysis) is 1. The summed E-state index contributed by atoms with van der Waals surface area (Å²) in [6.07, 6.45) is 0.991. The predicted molar refractivity (Wildman–Crippen MR) is 317 cm³/mol. The Bertz CT molecular complexity index is 3470. The van der Waals surface area contributed by atoms with Crippen LogP contribution in [-0.2, 0) is 84.1 Å². The average Bonchev–Trinajstić information content (AvgIpc) is 1.71. The van der Waals surface area contributed by atoms with E-state index in [2.05, 4.69) is 63.8 Å². The summed E-state index contributed by atoms with van der Waals surface area (Å²) in [5.74, 6) is -4.51. The summed E-state index contributed by atoms with van der Waals surface area (Å²) in [4.78, 5) is 149. The molecule has 3 saturated heterocycles. The van der Waals surface area contributed by atoms with Gasteiger partial charge in [0.1, 0.15) is 62.0 Å². The van der Waals surface area contributed by atoms with Crippen LogP contribution in [-0.4, -0.2) is 178 Å². The van der Waals surface area contributed by atoms with Crippen molar-refractivity contribution in [2.45, 2.75) is 134 Å². The van der Waals surface area contributed by atoms with Crippen LogP contribution >= 0.6 is 25.8 Å². The van der Waals surface area contributed by atoms with Crippen molar-refractivity contribution in [1.82, 2.24) is 55.2 Å². The fourth-order valence-electron chi connectivity index (χ4n) is 10.5. The number of nitrogens with one attached hydrogen (secondary N) is 6.